The molecule has 0 aromatic heterocycles. The summed E-state index contributed by atoms with van der Waals surface area (Å²) in [5.74, 6) is 0.117. The second kappa shape index (κ2) is 8.42. The van der Waals surface area contributed by atoms with Crippen molar-refractivity contribution >= 4 is 21.8 Å². The Balaban J connectivity index is 1.59. The summed E-state index contributed by atoms with van der Waals surface area (Å²) in [5, 5.41) is 3.01. The molecule has 1 amide bonds. The molecule has 3 nitrogen and oxygen atoms in total. The van der Waals surface area contributed by atoms with Crippen LogP contribution in [0.25, 0.3) is 0 Å². The number of carbonyl (C=O) groups excluding carboxylic acids is 1. The number of nitrogens with one attached hydrogen (secondary N) is 1. The van der Waals surface area contributed by atoms with Crippen LogP contribution in [-0.2, 0) is 11.2 Å². The molecule has 1 aliphatic rings. The summed E-state index contributed by atoms with van der Waals surface area (Å²) in [6.45, 7) is 4.35. The molecule has 110 valence electrons. The molecule has 1 heterocycles. The Labute approximate surface area is 129 Å². The van der Waals surface area contributed by atoms with Crippen molar-refractivity contribution in [3.05, 3.63) is 34.3 Å². The predicted molar refractivity (Wildman–Crippen MR) is 85.8 cm³/mol. The molecule has 1 saturated heterocycles. The Hall–Kier alpha value is -0.870. The van der Waals surface area contributed by atoms with Crippen LogP contribution >= 0.6 is 15.9 Å². The SMILES string of the molecule is O=C(Cc1ccc(Br)cc1)NCCCN1CCCCC1. The van der Waals surface area contributed by atoms with Crippen LogP contribution in [0.2, 0.25) is 0 Å². The molecule has 1 aromatic carbocycles. The number of piperidine rings is 1. The first-order chi connectivity index (χ1) is 9.74. The second-order valence-corrected chi connectivity index (χ2v) is 6.32. The standard InChI is InChI=1S/C16H23BrN2O/c17-15-7-5-14(6-8-15)13-16(20)18-9-4-12-19-10-2-1-3-11-19/h5-8H,1-4,9-13H2,(H,18,20). The molecular weight excluding hydrogens is 316 g/mol. The minimum atomic E-state index is 0.117. The van der Waals surface area contributed by atoms with E-state index in [1.54, 1.807) is 0 Å². The molecule has 0 radical (unpaired) electrons. The van der Waals surface area contributed by atoms with Crippen molar-refractivity contribution in [2.75, 3.05) is 26.2 Å². The maximum absolute atomic E-state index is 11.8. The second-order valence-electron chi connectivity index (χ2n) is 5.41. The minimum absolute atomic E-state index is 0.117. The average molecular weight is 339 g/mol. The lowest BCUT2D eigenvalue weighted by Crippen LogP contribution is -2.33. The first kappa shape index (κ1) is 15.5. The van der Waals surface area contributed by atoms with Crippen LogP contribution in [0, 0.1) is 0 Å². The van der Waals surface area contributed by atoms with Crippen LogP contribution in [0.5, 0.6) is 0 Å². The molecule has 0 spiro atoms. The summed E-state index contributed by atoms with van der Waals surface area (Å²) < 4.78 is 1.04. The van der Waals surface area contributed by atoms with E-state index in [-0.39, 0.29) is 5.91 Å². The maximum atomic E-state index is 11.8. The fourth-order valence-corrected chi connectivity index (χ4v) is 2.83. The van der Waals surface area contributed by atoms with E-state index in [2.05, 4.69) is 26.1 Å². The third-order valence-corrected chi connectivity index (χ3v) is 4.23. The summed E-state index contributed by atoms with van der Waals surface area (Å²) in [6, 6.07) is 7.91. The molecule has 1 N–H and O–H groups in total. The fraction of sp³-hybridized carbons (Fsp3) is 0.562. The molecule has 2 rings (SSSR count). The van der Waals surface area contributed by atoms with Crippen molar-refractivity contribution < 1.29 is 4.79 Å². The first-order valence-electron chi connectivity index (χ1n) is 7.47. The molecule has 0 unspecified atom stereocenters. The molecule has 1 aromatic rings. The van der Waals surface area contributed by atoms with Gasteiger partial charge in [0.1, 0.15) is 0 Å². The van der Waals surface area contributed by atoms with Gasteiger partial charge in [-0.25, -0.2) is 0 Å². The molecule has 4 heteroatoms. The van der Waals surface area contributed by atoms with Crippen molar-refractivity contribution in [3.8, 4) is 0 Å². The van der Waals surface area contributed by atoms with Gasteiger partial charge in [-0.05, 0) is 56.6 Å². The molecule has 0 atom stereocenters. The highest BCUT2D eigenvalue weighted by Gasteiger charge is 2.09. The number of rotatable bonds is 6. The number of hydrogen-bond acceptors (Lipinski definition) is 2. The van der Waals surface area contributed by atoms with Gasteiger partial charge in [-0.2, -0.15) is 0 Å². The molecule has 20 heavy (non-hydrogen) atoms. The summed E-state index contributed by atoms with van der Waals surface area (Å²) in [4.78, 5) is 14.3. The highest BCUT2D eigenvalue weighted by molar-refractivity contribution is 9.10. The molecule has 0 aliphatic carbocycles. The van der Waals surface area contributed by atoms with Gasteiger partial charge in [-0.1, -0.05) is 34.5 Å². The third kappa shape index (κ3) is 5.63. The van der Waals surface area contributed by atoms with Gasteiger partial charge < -0.3 is 10.2 Å². The van der Waals surface area contributed by atoms with Crippen LogP contribution in [0.3, 0.4) is 0 Å². The monoisotopic (exact) mass is 338 g/mol. The molecular formula is C16H23BrN2O. The van der Waals surface area contributed by atoms with Gasteiger partial charge in [0.15, 0.2) is 0 Å². The quantitative estimate of drug-likeness (QED) is 0.808. The zero-order chi connectivity index (χ0) is 14.2. The fourth-order valence-electron chi connectivity index (χ4n) is 2.56. The van der Waals surface area contributed by atoms with E-state index >= 15 is 0 Å². The Morgan fingerprint density at radius 3 is 2.55 bits per heavy atom. The van der Waals surface area contributed by atoms with Gasteiger partial charge in [0.25, 0.3) is 0 Å². The number of carbonyl (C=O) groups is 1. The van der Waals surface area contributed by atoms with Gasteiger partial charge >= 0.3 is 0 Å². The van der Waals surface area contributed by atoms with E-state index in [1.165, 1.54) is 32.4 Å². The number of amides is 1. The first-order valence-corrected chi connectivity index (χ1v) is 8.27. The maximum Gasteiger partial charge on any atom is 0.224 e. The third-order valence-electron chi connectivity index (χ3n) is 3.70. The van der Waals surface area contributed by atoms with Gasteiger partial charge in [0.2, 0.25) is 5.91 Å². The van der Waals surface area contributed by atoms with Crippen LogP contribution in [0.15, 0.2) is 28.7 Å². The van der Waals surface area contributed by atoms with Crippen LogP contribution in [0.4, 0.5) is 0 Å². The van der Waals surface area contributed by atoms with Crippen molar-refractivity contribution in [1.29, 1.82) is 0 Å². The highest BCUT2D eigenvalue weighted by Crippen LogP contribution is 2.11. The normalized spacial score (nSPS) is 16.1. The van der Waals surface area contributed by atoms with Crippen LogP contribution in [0.1, 0.15) is 31.2 Å². The Bertz CT molecular complexity index is 413. The minimum Gasteiger partial charge on any atom is -0.356 e. The Morgan fingerprint density at radius 1 is 1.15 bits per heavy atom. The Kier molecular flexibility index (Phi) is 6.54. The van der Waals surface area contributed by atoms with Crippen LogP contribution < -0.4 is 5.32 Å². The van der Waals surface area contributed by atoms with Gasteiger partial charge in [0.05, 0.1) is 6.42 Å². The molecule has 1 fully saturated rings. The lowest BCUT2D eigenvalue weighted by atomic mass is 10.1. The van der Waals surface area contributed by atoms with E-state index in [9.17, 15) is 4.79 Å². The number of likely N-dealkylation sites (tertiary alicyclic amines) is 1. The van der Waals surface area contributed by atoms with E-state index in [0.29, 0.717) is 6.42 Å². The number of benzene rings is 1. The topological polar surface area (TPSA) is 32.3 Å². The van der Waals surface area contributed by atoms with E-state index in [4.69, 9.17) is 0 Å². The largest absolute Gasteiger partial charge is 0.356 e. The number of hydrogen-bond donors (Lipinski definition) is 1. The van der Waals surface area contributed by atoms with Crippen molar-refractivity contribution in [2.45, 2.75) is 32.1 Å². The summed E-state index contributed by atoms with van der Waals surface area (Å²) in [7, 11) is 0. The van der Waals surface area contributed by atoms with Crippen molar-refractivity contribution in [3.63, 3.8) is 0 Å². The van der Waals surface area contributed by atoms with Gasteiger partial charge in [-0.15, -0.1) is 0 Å². The molecule has 0 bridgehead atoms. The van der Waals surface area contributed by atoms with E-state index in [1.807, 2.05) is 24.3 Å². The Morgan fingerprint density at radius 2 is 1.85 bits per heavy atom. The van der Waals surface area contributed by atoms with Gasteiger partial charge in [0, 0.05) is 11.0 Å². The van der Waals surface area contributed by atoms with Crippen molar-refractivity contribution in [1.82, 2.24) is 10.2 Å². The highest BCUT2D eigenvalue weighted by atomic mass is 79.9. The van der Waals surface area contributed by atoms with E-state index < -0.39 is 0 Å². The zero-order valence-corrected chi connectivity index (χ0v) is 13.5. The van der Waals surface area contributed by atoms with Crippen molar-refractivity contribution in [2.24, 2.45) is 0 Å². The lowest BCUT2D eigenvalue weighted by molar-refractivity contribution is -0.120. The van der Waals surface area contributed by atoms with Gasteiger partial charge in [-0.3, -0.25) is 4.79 Å². The average Bonchev–Trinajstić information content (AvgIpc) is 2.47. The predicted octanol–water partition coefficient (Wildman–Crippen LogP) is 2.98. The molecule has 0 saturated carbocycles. The number of nitrogens with zero attached hydrogens (tertiary/aromatic N) is 1. The summed E-state index contributed by atoms with van der Waals surface area (Å²) in [6.07, 6.45) is 5.55. The van der Waals surface area contributed by atoms with Crippen LogP contribution in [-0.4, -0.2) is 37.0 Å². The summed E-state index contributed by atoms with van der Waals surface area (Å²) >= 11 is 3.40. The number of halogens is 1. The van der Waals surface area contributed by atoms with E-state index in [0.717, 1.165) is 29.5 Å². The molecule has 1 aliphatic heterocycles. The lowest BCUT2D eigenvalue weighted by Gasteiger charge is -2.26. The summed E-state index contributed by atoms with van der Waals surface area (Å²) in [5.41, 5.74) is 1.06. The smallest absolute Gasteiger partial charge is 0.224 e. The zero-order valence-electron chi connectivity index (χ0n) is 11.9.